The lowest BCUT2D eigenvalue weighted by Gasteiger charge is -2.08. The molecule has 1 N–H and O–H groups in total. The largest absolute Gasteiger partial charge is 0.354 e. The van der Waals surface area contributed by atoms with Crippen LogP contribution in [0.25, 0.3) is 76.6 Å². The van der Waals surface area contributed by atoms with Gasteiger partial charge in [0.25, 0.3) is 0 Å². The minimum absolute atomic E-state index is 0.946. The summed E-state index contributed by atoms with van der Waals surface area (Å²) in [4.78, 5) is 12.8. The van der Waals surface area contributed by atoms with Crippen LogP contribution in [0.1, 0.15) is 0 Å². The molecule has 9 aromatic rings. The SMILES string of the molecule is c1ccc(-n2c3ccccc3c3c4c(ccc32)[nH]c2cc3c(cc24)c2ccncc2n2ccnc32)cc1. The van der Waals surface area contributed by atoms with Crippen molar-refractivity contribution in [2.75, 3.05) is 0 Å². The zero-order valence-corrected chi connectivity index (χ0v) is 19.7. The highest BCUT2D eigenvalue weighted by Gasteiger charge is 2.19. The van der Waals surface area contributed by atoms with Crippen molar-refractivity contribution in [3.05, 3.63) is 110 Å². The van der Waals surface area contributed by atoms with Gasteiger partial charge in [-0.1, -0.05) is 36.4 Å². The van der Waals surface area contributed by atoms with Crippen LogP contribution < -0.4 is 0 Å². The summed E-state index contributed by atoms with van der Waals surface area (Å²) in [5, 5.41) is 8.49. The van der Waals surface area contributed by atoms with E-state index in [1.54, 1.807) is 0 Å². The van der Waals surface area contributed by atoms with Gasteiger partial charge in [-0.3, -0.25) is 9.38 Å². The number of nitrogens with zero attached hydrogens (tertiary/aromatic N) is 4. The van der Waals surface area contributed by atoms with Crippen molar-refractivity contribution in [2.45, 2.75) is 0 Å². The highest BCUT2D eigenvalue weighted by molar-refractivity contribution is 6.30. The van der Waals surface area contributed by atoms with Crippen LogP contribution in [0.15, 0.2) is 110 Å². The Balaban J connectivity index is 1.52. The lowest BCUT2D eigenvalue weighted by atomic mass is 10.0. The summed E-state index contributed by atoms with van der Waals surface area (Å²) in [7, 11) is 0. The second kappa shape index (κ2) is 6.74. The second-order valence-electron chi connectivity index (χ2n) is 9.65. The summed E-state index contributed by atoms with van der Waals surface area (Å²) in [6, 6.07) is 30.5. The Hall–Kier alpha value is -5.16. The molecule has 5 nitrogen and oxygen atoms in total. The van der Waals surface area contributed by atoms with Crippen molar-refractivity contribution >= 4 is 70.9 Å². The quantitative estimate of drug-likeness (QED) is 0.248. The third-order valence-electron chi connectivity index (χ3n) is 7.78. The van der Waals surface area contributed by atoms with Crippen LogP contribution in [0.3, 0.4) is 0 Å². The molecule has 0 amide bonds. The Morgan fingerprint density at radius 1 is 0.595 bits per heavy atom. The third kappa shape index (κ3) is 2.38. The fourth-order valence-electron chi connectivity index (χ4n) is 6.27. The number of H-pyrrole nitrogens is 1. The van der Waals surface area contributed by atoms with Crippen molar-refractivity contribution in [1.82, 2.24) is 23.9 Å². The molecule has 0 fully saturated rings. The van der Waals surface area contributed by atoms with Crippen molar-refractivity contribution in [3.63, 3.8) is 0 Å². The molecule has 0 radical (unpaired) electrons. The lowest BCUT2D eigenvalue weighted by molar-refractivity contribution is 1.18. The van der Waals surface area contributed by atoms with Gasteiger partial charge in [-0.15, -0.1) is 0 Å². The maximum atomic E-state index is 4.70. The van der Waals surface area contributed by atoms with E-state index in [1.165, 1.54) is 49.0 Å². The van der Waals surface area contributed by atoms with E-state index < -0.39 is 0 Å². The van der Waals surface area contributed by atoms with Crippen LogP contribution in [0, 0.1) is 0 Å². The number of pyridine rings is 2. The van der Waals surface area contributed by atoms with Gasteiger partial charge < -0.3 is 9.55 Å². The Kier molecular flexibility index (Phi) is 3.47. The van der Waals surface area contributed by atoms with Crippen molar-refractivity contribution in [2.24, 2.45) is 0 Å². The highest BCUT2D eigenvalue weighted by Crippen LogP contribution is 2.41. The van der Waals surface area contributed by atoms with Gasteiger partial charge in [0.05, 0.1) is 22.7 Å². The Bertz CT molecular complexity index is 2350. The number of fused-ring (bicyclic) bond motifs is 13. The summed E-state index contributed by atoms with van der Waals surface area (Å²) < 4.78 is 4.50. The van der Waals surface area contributed by atoms with Gasteiger partial charge in [0.15, 0.2) is 0 Å². The van der Waals surface area contributed by atoms with Gasteiger partial charge in [0, 0.05) is 67.6 Å². The van der Waals surface area contributed by atoms with Crippen LogP contribution in [-0.4, -0.2) is 23.9 Å². The normalized spacial score (nSPS) is 12.3. The number of hydrogen-bond donors (Lipinski definition) is 1. The van der Waals surface area contributed by atoms with E-state index >= 15 is 0 Å². The van der Waals surface area contributed by atoms with Crippen molar-refractivity contribution in [3.8, 4) is 5.69 Å². The molecule has 4 aromatic carbocycles. The topological polar surface area (TPSA) is 50.9 Å². The van der Waals surface area contributed by atoms with E-state index in [1.807, 2.05) is 24.8 Å². The molecule has 37 heavy (non-hydrogen) atoms. The number of aromatic amines is 1. The number of para-hydroxylation sites is 2. The molecule has 5 heterocycles. The summed E-state index contributed by atoms with van der Waals surface area (Å²) in [6.07, 6.45) is 7.67. The number of benzene rings is 4. The maximum Gasteiger partial charge on any atom is 0.145 e. The van der Waals surface area contributed by atoms with Gasteiger partial charge in [0.2, 0.25) is 0 Å². The molecule has 5 aromatic heterocycles. The lowest BCUT2D eigenvalue weighted by Crippen LogP contribution is -1.92. The molecule has 172 valence electrons. The van der Waals surface area contributed by atoms with E-state index in [4.69, 9.17) is 4.98 Å². The molecule has 9 rings (SSSR count). The van der Waals surface area contributed by atoms with Crippen LogP contribution in [-0.2, 0) is 0 Å². The van der Waals surface area contributed by atoms with E-state index in [2.05, 4.69) is 104 Å². The van der Waals surface area contributed by atoms with Crippen molar-refractivity contribution in [1.29, 1.82) is 0 Å². The minimum atomic E-state index is 0.946. The molecule has 5 heteroatoms. The van der Waals surface area contributed by atoms with Gasteiger partial charge in [-0.2, -0.15) is 0 Å². The van der Waals surface area contributed by atoms with Crippen LogP contribution in [0.2, 0.25) is 0 Å². The molecular weight excluding hydrogens is 454 g/mol. The first-order chi connectivity index (χ1) is 18.4. The van der Waals surface area contributed by atoms with Gasteiger partial charge >= 0.3 is 0 Å². The Morgan fingerprint density at radius 2 is 1.49 bits per heavy atom. The number of aromatic nitrogens is 5. The van der Waals surface area contributed by atoms with Crippen LogP contribution >= 0.6 is 0 Å². The van der Waals surface area contributed by atoms with Crippen LogP contribution in [0.4, 0.5) is 0 Å². The molecule has 0 aliphatic heterocycles. The van der Waals surface area contributed by atoms with Crippen LogP contribution in [0.5, 0.6) is 0 Å². The predicted molar refractivity (Wildman–Crippen MR) is 152 cm³/mol. The molecule has 0 spiro atoms. The Morgan fingerprint density at radius 3 is 2.43 bits per heavy atom. The number of imidazole rings is 1. The standard InChI is InChI=1S/C32H19N5/c1-2-6-19(7-3-1)37-27-9-5-4-8-21(27)31-28(37)11-10-25-30(31)24-16-22-20-12-13-33-18-29(20)36-15-14-34-32(36)23(22)17-26(24)35-25/h1-18,35H. The highest BCUT2D eigenvalue weighted by atomic mass is 15.0. The maximum absolute atomic E-state index is 4.70. The fraction of sp³-hybridized carbons (Fsp3) is 0. The zero-order valence-electron chi connectivity index (χ0n) is 19.7. The molecule has 0 aliphatic carbocycles. The summed E-state index contributed by atoms with van der Waals surface area (Å²) in [6.45, 7) is 0. The molecule has 0 unspecified atom stereocenters. The molecule has 0 aliphatic rings. The first-order valence-electron chi connectivity index (χ1n) is 12.4. The Labute approximate surface area is 210 Å². The number of rotatable bonds is 1. The third-order valence-corrected chi connectivity index (χ3v) is 7.78. The minimum Gasteiger partial charge on any atom is -0.354 e. The van der Waals surface area contributed by atoms with E-state index in [0.29, 0.717) is 0 Å². The second-order valence-corrected chi connectivity index (χ2v) is 9.65. The smallest absolute Gasteiger partial charge is 0.145 e. The number of nitrogens with one attached hydrogen (secondary N) is 1. The molecular formula is C32H19N5. The first-order valence-corrected chi connectivity index (χ1v) is 12.4. The average Bonchev–Trinajstić information content (AvgIpc) is 3.66. The van der Waals surface area contributed by atoms with Crippen molar-refractivity contribution < 1.29 is 0 Å². The molecule has 0 saturated heterocycles. The summed E-state index contributed by atoms with van der Waals surface area (Å²) >= 11 is 0. The fourth-order valence-corrected chi connectivity index (χ4v) is 6.27. The van der Waals surface area contributed by atoms with Gasteiger partial charge in [-0.05, 0) is 53.9 Å². The predicted octanol–water partition coefficient (Wildman–Crippen LogP) is 7.77. The molecule has 0 atom stereocenters. The zero-order chi connectivity index (χ0) is 24.1. The summed E-state index contributed by atoms with van der Waals surface area (Å²) in [5.41, 5.74) is 7.84. The first kappa shape index (κ1) is 19.1. The van der Waals surface area contributed by atoms with E-state index in [9.17, 15) is 0 Å². The average molecular weight is 474 g/mol. The van der Waals surface area contributed by atoms with E-state index in [0.717, 1.165) is 27.6 Å². The van der Waals surface area contributed by atoms with Gasteiger partial charge in [-0.25, -0.2) is 4.98 Å². The van der Waals surface area contributed by atoms with Gasteiger partial charge in [0.1, 0.15) is 5.65 Å². The number of hydrogen-bond acceptors (Lipinski definition) is 2. The molecule has 0 saturated carbocycles. The van der Waals surface area contributed by atoms with E-state index in [-0.39, 0.29) is 0 Å². The monoisotopic (exact) mass is 473 g/mol. The molecule has 0 bridgehead atoms. The summed E-state index contributed by atoms with van der Waals surface area (Å²) in [5.74, 6) is 0.